The molecule has 0 bridgehead atoms. The van der Waals surface area contributed by atoms with E-state index in [0.717, 1.165) is 6.61 Å². The number of rotatable bonds is 10. The zero-order valence-corrected chi connectivity index (χ0v) is 15.5. The molecule has 18 heavy (non-hydrogen) atoms. The Hall–Kier alpha value is -0.0213. The normalized spacial score (nSPS) is 16.0. The predicted molar refractivity (Wildman–Crippen MR) is 85.5 cm³/mol. The average Bonchev–Trinajstić information content (AvgIpc) is 2.40. The molecule has 0 N–H and O–H groups in total. The molecule has 104 valence electrons. The van der Waals surface area contributed by atoms with Gasteiger partial charge in [-0.1, -0.05) is 0 Å². The number of hydrogen-bond donors (Lipinski definition) is 0. The Balaban J connectivity index is 4.72. The molecule has 0 aromatic rings. The van der Waals surface area contributed by atoms with Gasteiger partial charge in [0.05, 0.1) is 0 Å². The second-order valence-corrected chi connectivity index (χ2v) is 15.8. The second-order valence-electron chi connectivity index (χ2n) is 4.70. The number of unbranched alkanes of at least 4 members (excludes halogenated alkanes) is 1. The first-order chi connectivity index (χ1) is 8.74. The van der Waals surface area contributed by atoms with Gasteiger partial charge in [0.25, 0.3) is 0 Å². The Bertz CT molecular complexity index is 230. The number of hydrogen-bond acceptors (Lipinski definition) is 1. The topological polar surface area (TPSA) is 9.23 Å². The minimum atomic E-state index is -2.48. The summed E-state index contributed by atoms with van der Waals surface area (Å²) >= 11 is -2.48. The second kappa shape index (κ2) is 12.0. The quantitative estimate of drug-likeness (QED) is 0.286. The van der Waals surface area contributed by atoms with E-state index in [1.165, 1.54) is 26.2 Å². The molecule has 0 saturated carbocycles. The fourth-order valence-electron chi connectivity index (χ4n) is 1.86. The van der Waals surface area contributed by atoms with E-state index >= 15 is 0 Å². The van der Waals surface area contributed by atoms with Crippen molar-refractivity contribution in [1.29, 1.82) is 0 Å². The van der Waals surface area contributed by atoms with Gasteiger partial charge in [-0.15, -0.1) is 0 Å². The first-order valence-corrected chi connectivity index (χ1v) is 14.4. The Morgan fingerprint density at radius 3 is 1.61 bits per heavy atom. The number of allylic oxidation sites excluding steroid dienone is 6. The van der Waals surface area contributed by atoms with Crippen molar-refractivity contribution in [3.8, 4) is 0 Å². The van der Waals surface area contributed by atoms with E-state index in [1.807, 2.05) is 0 Å². The van der Waals surface area contributed by atoms with Crippen LogP contribution in [0.1, 0.15) is 40.5 Å². The molecule has 2 heteroatoms. The summed E-state index contributed by atoms with van der Waals surface area (Å²) in [5.41, 5.74) is 0. The molecule has 0 atom stereocenters. The summed E-state index contributed by atoms with van der Waals surface area (Å²) in [7, 11) is 0. The van der Waals surface area contributed by atoms with E-state index in [4.69, 9.17) is 3.07 Å². The van der Waals surface area contributed by atoms with Crippen LogP contribution in [0.3, 0.4) is 0 Å². The van der Waals surface area contributed by atoms with Crippen LogP contribution in [0.4, 0.5) is 0 Å². The van der Waals surface area contributed by atoms with Crippen molar-refractivity contribution < 1.29 is 3.07 Å². The molecular formula is C16H30OSn. The third-order valence-electron chi connectivity index (χ3n) is 3.08. The summed E-state index contributed by atoms with van der Waals surface area (Å²) in [5.74, 6) is 0. The van der Waals surface area contributed by atoms with E-state index in [0.29, 0.717) is 0 Å². The van der Waals surface area contributed by atoms with Gasteiger partial charge in [0.1, 0.15) is 0 Å². The summed E-state index contributed by atoms with van der Waals surface area (Å²) in [5, 5.41) is 0. The van der Waals surface area contributed by atoms with E-state index in [-0.39, 0.29) is 0 Å². The van der Waals surface area contributed by atoms with Gasteiger partial charge in [-0.2, -0.15) is 0 Å². The van der Waals surface area contributed by atoms with Crippen LogP contribution in [0.5, 0.6) is 0 Å². The SMILES string of the molecule is CC=C[CH2][Sn]([CH2]C=CC)([CH2]C=CC)[O]CCCC. The van der Waals surface area contributed by atoms with Crippen molar-refractivity contribution in [1.82, 2.24) is 0 Å². The summed E-state index contributed by atoms with van der Waals surface area (Å²) < 4.78 is 10.0. The summed E-state index contributed by atoms with van der Waals surface area (Å²) in [6.45, 7) is 9.50. The Kier molecular flexibility index (Phi) is 12.0. The van der Waals surface area contributed by atoms with Gasteiger partial charge >= 0.3 is 119 Å². The van der Waals surface area contributed by atoms with Crippen molar-refractivity contribution >= 4 is 18.8 Å². The van der Waals surface area contributed by atoms with Crippen LogP contribution in [0.2, 0.25) is 13.3 Å². The van der Waals surface area contributed by atoms with Crippen LogP contribution >= 0.6 is 0 Å². The molecule has 0 saturated heterocycles. The van der Waals surface area contributed by atoms with Gasteiger partial charge in [-0.3, -0.25) is 0 Å². The summed E-state index contributed by atoms with van der Waals surface area (Å²) in [6, 6.07) is 0. The molecule has 1 nitrogen and oxygen atoms in total. The Labute approximate surface area is 118 Å². The first kappa shape index (κ1) is 18.0. The molecule has 0 aliphatic heterocycles. The van der Waals surface area contributed by atoms with Gasteiger partial charge in [-0.25, -0.2) is 0 Å². The van der Waals surface area contributed by atoms with Crippen molar-refractivity contribution in [3.63, 3.8) is 0 Å². The minimum absolute atomic E-state index is 0.958. The van der Waals surface area contributed by atoms with Crippen LogP contribution in [0.15, 0.2) is 36.5 Å². The molecule has 0 unspecified atom stereocenters. The van der Waals surface area contributed by atoms with Crippen LogP contribution < -0.4 is 0 Å². The monoisotopic (exact) mass is 358 g/mol. The fourth-order valence-corrected chi connectivity index (χ4v) is 11.6. The molecule has 0 rings (SSSR count). The molecule has 0 aromatic carbocycles. The van der Waals surface area contributed by atoms with Crippen LogP contribution in [-0.2, 0) is 3.07 Å². The van der Waals surface area contributed by atoms with Crippen molar-refractivity contribution in [3.05, 3.63) is 36.5 Å². The van der Waals surface area contributed by atoms with Gasteiger partial charge in [0.15, 0.2) is 0 Å². The molecule has 0 spiro atoms. The van der Waals surface area contributed by atoms with Gasteiger partial charge in [0, 0.05) is 0 Å². The first-order valence-electron chi connectivity index (χ1n) is 7.22. The molecule has 0 aliphatic rings. The third kappa shape index (κ3) is 8.15. The van der Waals surface area contributed by atoms with E-state index < -0.39 is 18.8 Å². The van der Waals surface area contributed by atoms with Crippen LogP contribution in [0.25, 0.3) is 0 Å². The third-order valence-corrected chi connectivity index (χ3v) is 13.8. The summed E-state index contributed by atoms with van der Waals surface area (Å²) in [4.78, 5) is 0. The van der Waals surface area contributed by atoms with Crippen molar-refractivity contribution in [2.45, 2.75) is 53.8 Å². The van der Waals surface area contributed by atoms with Crippen molar-refractivity contribution in [2.75, 3.05) is 6.61 Å². The maximum absolute atomic E-state index is 6.43. The Morgan fingerprint density at radius 2 is 1.28 bits per heavy atom. The molecule has 0 aromatic heterocycles. The zero-order valence-electron chi connectivity index (χ0n) is 12.6. The molecule has 0 amide bonds. The van der Waals surface area contributed by atoms with Crippen LogP contribution in [-0.4, -0.2) is 25.4 Å². The van der Waals surface area contributed by atoms with Gasteiger partial charge in [-0.05, 0) is 0 Å². The molecular weight excluding hydrogens is 327 g/mol. The van der Waals surface area contributed by atoms with E-state index in [2.05, 4.69) is 64.2 Å². The fraction of sp³-hybridized carbons (Fsp3) is 0.625. The van der Waals surface area contributed by atoms with E-state index in [9.17, 15) is 0 Å². The van der Waals surface area contributed by atoms with Gasteiger partial charge < -0.3 is 0 Å². The molecule has 0 fully saturated rings. The molecule has 0 heterocycles. The Morgan fingerprint density at radius 1 is 0.833 bits per heavy atom. The van der Waals surface area contributed by atoms with Crippen LogP contribution in [0, 0.1) is 0 Å². The maximum atomic E-state index is 6.43. The summed E-state index contributed by atoms with van der Waals surface area (Å²) in [6.07, 6.45) is 15.9. The van der Waals surface area contributed by atoms with Crippen molar-refractivity contribution in [2.24, 2.45) is 0 Å². The zero-order chi connectivity index (χ0) is 13.7. The predicted octanol–water partition coefficient (Wildman–Crippen LogP) is 5.48. The average molecular weight is 357 g/mol. The molecule has 0 aliphatic carbocycles. The molecule has 0 radical (unpaired) electrons. The van der Waals surface area contributed by atoms with Gasteiger partial charge in [0.2, 0.25) is 0 Å². The van der Waals surface area contributed by atoms with E-state index in [1.54, 1.807) is 0 Å². The standard InChI is InChI=1S/C4H9O.3C4H7.Sn/c1-2-3-4-5;3*1-3-4-2;/h2-4H2,1H3;3*3-4H,1H2,2H3;/q-1;;;;+1.